The van der Waals surface area contributed by atoms with Crippen molar-refractivity contribution < 1.29 is 4.52 Å². The molecule has 0 bridgehead atoms. The zero-order valence-corrected chi connectivity index (χ0v) is 11.2. The van der Waals surface area contributed by atoms with Crippen molar-refractivity contribution in [3.63, 3.8) is 0 Å². The van der Waals surface area contributed by atoms with Gasteiger partial charge in [0.2, 0.25) is 5.89 Å². The SMILES string of the molecule is Cc1ccccc1Cc1noc(Cn2cc(N)cn2)n1. The number of aromatic nitrogens is 4. The van der Waals surface area contributed by atoms with E-state index in [4.69, 9.17) is 10.3 Å². The fraction of sp³-hybridized carbons (Fsp3) is 0.214. The molecule has 0 atom stereocenters. The molecule has 0 fully saturated rings. The molecule has 0 aliphatic rings. The number of benzene rings is 1. The van der Waals surface area contributed by atoms with E-state index < -0.39 is 0 Å². The predicted octanol–water partition coefficient (Wildman–Crippen LogP) is 1.80. The first-order valence-electron chi connectivity index (χ1n) is 6.34. The van der Waals surface area contributed by atoms with Gasteiger partial charge in [0, 0.05) is 12.6 Å². The van der Waals surface area contributed by atoms with Crippen LogP contribution in [0.5, 0.6) is 0 Å². The summed E-state index contributed by atoms with van der Waals surface area (Å²) in [6, 6.07) is 8.17. The number of aryl methyl sites for hydroxylation is 1. The maximum absolute atomic E-state index is 5.61. The fourth-order valence-electron chi connectivity index (χ4n) is 2.01. The molecular formula is C14H15N5O. The number of hydrogen-bond donors (Lipinski definition) is 1. The molecule has 0 unspecified atom stereocenters. The van der Waals surface area contributed by atoms with Crippen LogP contribution in [-0.2, 0) is 13.0 Å². The number of hydrogen-bond acceptors (Lipinski definition) is 5. The molecule has 0 saturated carbocycles. The largest absolute Gasteiger partial charge is 0.396 e. The smallest absolute Gasteiger partial charge is 0.248 e. The van der Waals surface area contributed by atoms with Gasteiger partial charge in [-0.1, -0.05) is 29.4 Å². The van der Waals surface area contributed by atoms with Gasteiger partial charge in [0.05, 0.1) is 11.9 Å². The Morgan fingerprint density at radius 2 is 2.15 bits per heavy atom. The molecule has 1 aromatic carbocycles. The molecule has 2 aromatic heterocycles. The fourth-order valence-corrected chi connectivity index (χ4v) is 2.01. The van der Waals surface area contributed by atoms with Crippen LogP contribution >= 0.6 is 0 Å². The summed E-state index contributed by atoms with van der Waals surface area (Å²) in [6.45, 7) is 2.50. The van der Waals surface area contributed by atoms with E-state index in [1.165, 1.54) is 11.1 Å². The first-order valence-corrected chi connectivity index (χ1v) is 6.34. The van der Waals surface area contributed by atoms with E-state index >= 15 is 0 Å². The van der Waals surface area contributed by atoms with Crippen LogP contribution in [0.25, 0.3) is 0 Å². The van der Waals surface area contributed by atoms with Gasteiger partial charge in [0.25, 0.3) is 0 Å². The molecule has 3 rings (SSSR count). The lowest BCUT2D eigenvalue weighted by Gasteiger charge is -2.00. The molecule has 6 heteroatoms. The van der Waals surface area contributed by atoms with Crippen LogP contribution in [0.1, 0.15) is 22.8 Å². The highest BCUT2D eigenvalue weighted by Crippen LogP contribution is 2.12. The van der Waals surface area contributed by atoms with E-state index in [1.807, 2.05) is 12.1 Å². The number of nitrogens with two attached hydrogens (primary N) is 1. The van der Waals surface area contributed by atoms with Crippen molar-refractivity contribution in [2.45, 2.75) is 19.9 Å². The van der Waals surface area contributed by atoms with Crippen molar-refractivity contribution in [2.24, 2.45) is 0 Å². The Kier molecular flexibility index (Phi) is 3.20. The molecule has 2 N–H and O–H groups in total. The van der Waals surface area contributed by atoms with E-state index in [0.717, 1.165) is 0 Å². The highest BCUT2D eigenvalue weighted by Gasteiger charge is 2.09. The topological polar surface area (TPSA) is 82.8 Å². The first kappa shape index (κ1) is 12.4. The van der Waals surface area contributed by atoms with Gasteiger partial charge in [-0.15, -0.1) is 0 Å². The van der Waals surface area contributed by atoms with Crippen LogP contribution in [0.3, 0.4) is 0 Å². The third-order valence-electron chi connectivity index (χ3n) is 3.07. The zero-order valence-electron chi connectivity index (χ0n) is 11.2. The van der Waals surface area contributed by atoms with Gasteiger partial charge in [-0.3, -0.25) is 4.68 Å². The molecule has 0 radical (unpaired) electrons. The van der Waals surface area contributed by atoms with Gasteiger partial charge in [-0.25, -0.2) is 0 Å². The molecular weight excluding hydrogens is 254 g/mol. The van der Waals surface area contributed by atoms with Crippen LogP contribution < -0.4 is 5.73 Å². The Morgan fingerprint density at radius 1 is 1.30 bits per heavy atom. The number of nitrogens with zero attached hydrogens (tertiary/aromatic N) is 4. The Hall–Kier alpha value is -2.63. The Bertz CT molecular complexity index is 716. The highest BCUT2D eigenvalue weighted by atomic mass is 16.5. The van der Waals surface area contributed by atoms with Gasteiger partial charge >= 0.3 is 0 Å². The number of anilines is 1. The first-order chi connectivity index (χ1) is 9.70. The third-order valence-corrected chi connectivity index (χ3v) is 3.07. The van der Waals surface area contributed by atoms with E-state index in [-0.39, 0.29) is 0 Å². The van der Waals surface area contributed by atoms with Gasteiger partial charge in [0.1, 0.15) is 6.54 Å². The summed E-state index contributed by atoms with van der Waals surface area (Å²) in [7, 11) is 0. The lowest BCUT2D eigenvalue weighted by atomic mass is 10.1. The Morgan fingerprint density at radius 3 is 2.90 bits per heavy atom. The second-order valence-corrected chi connectivity index (χ2v) is 4.68. The molecule has 0 amide bonds. The maximum atomic E-state index is 5.61. The average molecular weight is 269 g/mol. The molecule has 6 nitrogen and oxygen atoms in total. The molecule has 0 aliphatic heterocycles. The molecule has 0 aliphatic carbocycles. The maximum Gasteiger partial charge on any atom is 0.248 e. The number of rotatable bonds is 4. The summed E-state index contributed by atoms with van der Waals surface area (Å²) in [5, 5.41) is 8.08. The summed E-state index contributed by atoms with van der Waals surface area (Å²) >= 11 is 0. The minimum absolute atomic E-state index is 0.429. The zero-order chi connectivity index (χ0) is 13.9. The standard InChI is InChI=1S/C14H15N5O/c1-10-4-2-3-5-11(10)6-13-17-14(20-18-13)9-19-8-12(15)7-16-19/h2-5,7-8H,6,9,15H2,1H3. The summed E-state index contributed by atoms with van der Waals surface area (Å²) in [5.41, 5.74) is 8.64. The second kappa shape index (κ2) is 5.16. The van der Waals surface area contributed by atoms with Gasteiger partial charge < -0.3 is 10.3 Å². The number of nitrogen functional groups attached to an aromatic ring is 1. The van der Waals surface area contributed by atoms with Gasteiger partial charge in [-0.05, 0) is 18.1 Å². The van der Waals surface area contributed by atoms with Crippen molar-refractivity contribution in [3.8, 4) is 0 Å². The van der Waals surface area contributed by atoms with Gasteiger partial charge in [0.15, 0.2) is 5.82 Å². The minimum Gasteiger partial charge on any atom is -0.396 e. The van der Waals surface area contributed by atoms with Crippen molar-refractivity contribution in [1.82, 2.24) is 19.9 Å². The van der Waals surface area contributed by atoms with Crippen LogP contribution in [0.15, 0.2) is 41.2 Å². The van der Waals surface area contributed by atoms with Crippen LogP contribution in [0.4, 0.5) is 5.69 Å². The van der Waals surface area contributed by atoms with Crippen molar-refractivity contribution in [2.75, 3.05) is 5.73 Å². The monoisotopic (exact) mass is 269 g/mol. The summed E-state index contributed by atoms with van der Waals surface area (Å²) in [6.07, 6.45) is 3.98. The lowest BCUT2D eigenvalue weighted by Crippen LogP contribution is -2.00. The molecule has 20 heavy (non-hydrogen) atoms. The van der Waals surface area contributed by atoms with E-state index in [2.05, 4.69) is 34.3 Å². The van der Waals surface area contributed by atoms with E-state index in [9.17, 15) is 0 Å². The normalized spacial score (nSPS) is 10.8. The predicted molar refractivity (Wildman–Crippen MR) is 74.0 cm³/mol. The Labute approximate surface area is 116 Å². The summed E-state index contributed by atoms with van der Waals surface area (Å²) in [5.74, 6) is 1.20. The lowest BCUT2D eigenvalue weighted by molar-refractivity contribution is 0.362. The Balaban J connectivity index is 1.72. The quantitative estimate of drug-likeness (QED) is 0.780. The highest BCUT2D eigenvalue weighted by molar-refractivity contribution is 5.30. The summed E-state index contributed by atoms with van der Waals surface area (Å²) in [4.78, 5) is 4.37. The molecule has 102 valence electrons. The van der Waals surface area contributed by atoms with Crippen molar-refractivity contribution >= 4 is 5.69 Å². The second-order valence-electron chi connectivity index (χ2n) is 4.68. The molecule has 3 aromatic rings. The molecule has 0 saturated heterocycles. The molecule has 2 heterocycles. The van der Waals surface area contributed by atoms with Gasteiger partial charge in [-0.2, -0.15) is 10.1 Å². The average Bonchev–Trinajstić information content (AvgIpc) is 3.02. The third kappa shape index (κ3) is 2.69. The van der Waals surface area contributed by atoms with E-state index in [0.29, 0.717) is 30.4 Å². The van der Waals surface area contributed by atoms with Crippen molar-refractivity contribution in [3.05, 3.63) is 59.5 Å². The minimum atomic E-state index is 0.429. The summed E-state index contributed by atoms with van der Waals surface area (Å²) < 4.78 is 6.89. The van der Waals surface area contributed by atoms with Crippen LogP contribution in [0.2, 0.25) is 0 Å². The van der Waals surface area contributed by atoms with Crippen molar-refractivity contribution in [1.29, 1.82) is 0 Å². The van der Waals surface area contributed by atoms with E-state index in [1.54, 1.807) is 17.1 Å². The van der Waals surface area contributed by atoms with Crippen LogP contribution in [-0.4, -0.2) is 19.9 Å². The van der Waals surface area contributed by atoms with Crippen LogP contribution in [0, 0.1) is 6.92 Å². The molecule has 0 spiro atoms.